The van der Waals surface area contributed by atoms with Crippen molar-refractivity contribution in [3.8, 4) is 0 Å². The summed E-state index contributed by atoms with van der Waals surface area (Å²) in [4.78, 5) is 4.06. The number of aromatic nitrogens is 1. The summed E-state index contributed by atoms with van der Waals surface area (Å²) in [6.07, 6.45) is 3.63. The second-order valence-electron chi connectivity index (χ2n) is 5.63. The molecule has 1 saturated heterocycles. The summed E-state index contributed by atoms with van der Waals surface area (Å²) >= 11 is 3.37. The van der Waals surface area contributed by atoms with Gasteiger partial charge >= 0.3 is 0 Å². The quantitative estimate of drug-likeness (QED) is 0.864. The third kappa shape index (κ3) is 3.33. The summed E-state index contributed by atoms with van der Waals surface area (Å²) in [5, 5.41) is 10.8. The lowest BCUT2D eigenvalue weighted by Gasteiger charge is -2.37. The molecule has 2 heterocycles. The molecule has 1 aliphatic heterocycles. The predicted molar refractivity (Wildman–Crippen MR) is 90.3 cm³/mol. The fraction of sp³-hybridized carbons (Fsp3) is 0.312. The van der Waals surface area contributed by atoms with Crippen molar-refractivity contribution in [3.63, 3.8) is 0 Å². The summed E-state index contributed by atoms with van der Waals surface area (Å²) in [6.45, 7) is 0.563. The number of piperidine rings is 1. The average Bonchev–Trinajstić information content (AvgIpc) is 2.56. The Labute approximate surface area is 144 Å². The fourth-order valence-corrected chi connectivity index (χ4v) is 4.46. The zero-order valence-electron chi connectivity index (χ0n) is 12.4. The standard InChI is InChI=1S/C16H17BrN2O3S/c17-14-5-3-13(4-6-14)16(20)7-10-19(11-8-16)23(21,22)15-2-1-9-18-12-15/h1-6,9,12,20H,7-8,10-11H2. The van der Waals surface area contributed by atoms with E-state index in [0.29, 0.717) is 12.8 Å². The molecule has 0 unspecified atom stereocenters. The highest BCUT2D eigenvalue weighted by Gasteiger charge is 2.38. The number of benzene rings is 1. The van der Waals surface area contributed by atoms with Gasteiger partial charge in [-0.1, -0.05) is 28.1 Å². The minimum absolute atomic E-state index is 0.189. The molecule has 23 heavy (non-hydrogen) atoms. The molecule has 122 valence electrons. The number of halogens is 1. The number of hydrogen-bond acceptors (Lipinski definition) is 4. The van der Waals surface area contributed by atoms with Gasteiger partial charge in [0.1, 0.15) is 4.90 Å². The van der Waals surface area contributed by atoms with E-state index < -0.39 is 15.6 Å². The van der Waals surface area contributed by atoms with Gasteiger partial charge in [-0.3, -0.25) is 4.98 Å². The number of hydrogen-bond donors (Lipinski definition) is 1. The molecule has 1 N–H and O–H groups in total. The van der Waals surface area contributed by atoms with E-state index in [1.165, 1.54) is 16.6 Å². The summed E-state index contributed by atoms with van der Waals surface area (Å²) in [5.74, 6) is 0. The maximum absolute atomic E-state index is 12.6. The Bertz CT molecular complexity index is 771. The first-order chi connectivity index (χ1) is 10.9. The number of rotatable bonds is 3. The van der Waals surface area contributed by atoms with E-state index in [9.17, 15) is 13.5 Å². The van der Waals surface area contributed by atoms with Crippen molar-refractivity contribution in [2.24, 2.45) is 0 Å². The van der Waals surface area contributed by atoms with Crippen LogP contribution in [0.3, 0.4) is 0 Å². The van der Waals surface area contributed by atoms with Gasteiger partial charge in [0, 0.05) is 30.0 Å². The lowest BCUT2D eigenvalue weighted by Crippen LogP contribution is -2.45. The molecular formula is C16H17BrN2O3S. The maximum Gasteiger partial charge on any atom is 0.244 e. The molecule has 2 aromatic rings. The molecule has 3 rings (SSSR count). The van der Waals surface area contributed by atoms with Gasteiger partial charge in [0.25, 0.3) is 0 Å². The molecule has 0 saturated carbocycles. The van der Waals surface area contributed by atoms with Gasteiger partial charge in [0.05, 0.1) is 5.60 Å². The van der Waals surface area contributed by atoms with E-state index in [0.717, 1.165) is 10.0 Å². The normalized spacial score (nSPS) is 18.7. The van der Waals surface area contributed by atoms with Crippen molar-refractivity contribution in [1.29, 1.82) is 0 Å². The van der Waals surface area contributed by atoms with Crippen LogP contribution in [0.15, 0.2) is 58.2 Å². The van der Waals surface area contributed by atoms with Crippen LogP contribution in [0.25, 0.3) is 0 Å². The van der Waals surface area contributed by atoms with E-state index >= 15 is 0 Å². The molecule has 7 heteroatoms. The van der Waals surface area contributed by atoms with Gasteiger partial charge in [0.2, 0.25) is 10.0 Å². The molecule has 0 spiro atoms. The Morgan fingerprint density at radius 2 is 1.78 bits per heavy atom. The van der Waals surface area contributed by atoms with Crippen molar-refractivity contribution < 1.29 is 13.5 Å². The summed E-state index contributed by atoms with van der Waals surface area (Å²) < 4.78 is 27.5. The minimum Gasteiger partial charge on any atom is -0.385 e. The highest BCUT2D eigenvalue weighted by molar-refractivity contribution is 9.10. The molecule has 0 aliphatic carbocycles. The van der Waals surface area contributed by atoms with E-state index in [2.05, 4.69) is 20.9 Å². The summed E-state index contributed by atoms with van der Waals surface area (Å²) in [5.41, 5.74) is -0.166. The Morgan fingerprint density at radius 3 is 2.35 bits per heavy atom. The van der Waals surface area contributed by atoms with Crippen LogP contribution in [0.2, 0.25) is 0 Å². The second kappa shape index (κ2) is 6.32. The van der Waals surface area contributed by atoms with Gasteiger partial charge < -0.3 is 5.11 Å². The van der Waals surface area contributed by atoms with Crippen LogP contribution in [-0.4, -0.2) is 35.9 Å². The van der Waals surface area contributed by atoms with Crippen LogP contribution in [0.1, 0.15) is 18.4 Å². The van der Waals surface area contributed by atoms with Crippen LogP contribution in [-0.2, 0) is 15.6 Å². The zero-order valence-corrected chi connectivity index (χ0v) is 14.8. The van der Waals surface area contributed by atoms with E-state index in [1.54, 1.807) is 12.3 Å². The molecule has 1 fully saturated rings. The van der Waals surface area contributed by atoms with Gasteiger partial charge in [-0.2, -0.15) is 4.31 Å². The molecule has 0 amide bonds. The van der Waals surface area contributed by atoms with E-state index in [4.69, 9.17) is 0 Å². The molecule has 1 aromatic carbocycles. The van der Waals surface area contributed by atoms with Crippen LogP contribution in [0.4, 0.5) is 0 Å². The van der Waals surface area contributed by atoms with Gasteiger partial charge in [-0.25, -0.2) is 8.42 Å². The van der Waals surface area contributed by atoms with Crippen LogP contribution < -0.4 is 0 Å². The van der Waals surface area contributed by atoms with Crippen molar-refractivity contribution >= 4 is 26.0 Å². The van der Waals surface area contributed by atoms with Crippen LogP contribution >= 0.6 is 15.9 Å². The van der Waals surface area contributed by atoms with Gasteiger partial charge in [-0.05, 0) is 42.7 Å². The van der Waals surface area contributed by atoms with Gasteiger partial charge in [0.15, 0.2) is 0 Å². The van der Waals surface area contributed by atoms with E-state index in [-0.39, 0.29) is 18.0 Å². The predicted octanol–water partition coefficient (Wildman–Crippen LogP) is 2.52. The van der Waals surface area contributed by atoms with Crippen molar-refractivity contribution in [2.75, 3.05) is 13.1 Å². The monoisotopic (exact) mass is 396 g/mol. The van der Waals surface area contributed by atoms with Crippen molar-refractivity contribution in [1.82, 2.24) is 9.29 Å². The largest absolute Gasteiger partial charge is 0.385 e. The zero-order chi connectivity index (χ0) is 16.5. The highest BCUT2D eigenvalue weighted by Crippen LogP contribution is 2.35. The van der Waals surface area contributed by atoms with E-state index in [1.807, 2.05) is 24.3 Å². The minimum atomic E-state index is -3.55. The smallest absolute Gasteiger partial charge is 0.244 e. The topological polar surface area (TPSA) is 70.5 Å². The maximum atomic E-state index is 12.6. The third-order valence-electron chi connectivity index (χ3n) is 4.20. The molecule has 0 bridgehead atoms. The lowest BCUT2D eigenvalue weighted by molar-refractivity contribution is -0.00962. The Kier molecular flexibility index (Phi) is 4.55. The summed E-state index contributed by atoms with van der Waals surface area (Å²) in [7, 11) is -3.55. The number of nitrogens with zero attached hydrogens (tertiary/aromatic N) is 2. The molecule has 1 aliphatic rings. The summed E-state index contributed by atoms with van der Waals surface area (Å²) in [6, 6.07) is 10.6. The SMILES string of the molecule is O=S(=O)(c1cccnc1)N1CCC(O)(c2ccc(Br)cc2)CC1. The first kappa shape index (κ1) is 16.6. The molecule has 0 atom stereocenters. The first-order valence-electron chi connectivity index (χ1n) is 7.30. The van der Waals surface area contributed by atoms with Crippen molar-refractivity contribution in [2.45, 2.75) is 23.3 Å². The average molecular weight is 397 g/mol. The number of pyridine rings is 1. The number of aliphatic hydroxyl groups is 1. The fourth-order valence-electron chi connectivity index (χ4n) is 2.79. The van der Waals surface area contributed by atoms with Crippen LogP contribution in [0, 0.1) is 0 Å². The second-order valence-corrected chi connectivity index (χ2v) is 8.48. The molecule has 5 nitrogen and oxygen atoms in total. The molecule has 1 aromatic heterocycles. The third-order valence-corrected chi connectivity index (χ3v) is 6.61. The number of sulfonamides is 1. The van der Waals surface area contributed by atoms with Gasteiger partial charge in [-0.15, -0.1) is 0 Å². The Balaban J connectivity index is 1.77. The molecule has 0 radical (unpaired) electrons. The van der Waals surface area contributed by atoms with Crippen LogP contribution in [0.5, 0.6) is 0 Å². The van der Waals surface area contributed by atoms with Crippen molar-refractivity contribution in [3.05, 3.63) is 58.8 Å². The Morgan fingerprint density at radius 1 is 1.13 bits per heavy atom. The Hall–Kier alpha value is -1.28. The molecular weight excluding hydrogens is 380 g/mol. The highest BCUT2D eigenvalue weighted by atomic mass is 79.9. The lowest BCUT2D eigenvalue weighted by atomic mass is 9.85. The first-order valence-corrected chi connectivity index (χ1v) is 9.54.